The molecule has 1 aliphatic heterocycles. The van der Waals surface area contributed by atoms with Crippen LogP contribution in [0.2, 0.25) is 0 Å². The van der Waals surface area contributed by atoms with Crippen molar-refractivity contribution in [1.82, 2.24) is 4.90 Å². The number of aliphatic hydroxyl groups excluding tert-OH is 1. The van der Waals surface area contributed by atoms with Gasteiger partial charge >= 0.3 is 0 Å². The molecule has 0 aliphatic carbocycles. The third-order valence-corrected chi connectivity index (χ3v) is 4.01. The number of rotatable bonds is 4. The van der Waals surface area contributed by atoms with Crippen LogP contribution in [0.3, 0.4) is 0 Å². The molecule has 3 heteroatoms. The Morgan fingerprint density at radius 2 is 1.84 bits per heavy atom. The molecule has 1 heterocycles. The highest BCUT2D eigenvalue weighted by Gasteiger charge is 2.24. The zero-order valence-electron chi connectivity index (χ0n) is 12.2. The summed E-state index contributed by atoms with van der Waals surface area (Å²) in [5.74, 6) is 0.575. The zero-order chi connectivity index (χ0) is 13.8. The molecule has 2 unspecified atom stereocenters. The number of hydrogen-bond donors (Lipinski definition) is 1. The molecular formula is C16H25NO2. The summed E-state index contributed by atoms with van der Waals surface area (Å²) in [4.78, 5) is 2.38. The minimum Gasteiger partial charge on any atom is -0.394 e. The van der Waals surface area contributed by atoms with Crippen molar-refractivity contribution >= 4 is 0 Å². The maximum absolute atomic E-state index is 9.21. The molecule has 1 N–H and O–H groups in total. The van der Waals surface area contributed by atoms with Crippen molar-refractivity contribution in [2.75, 3.05) is 26.3 Å². The molecule has 1 aromatic carbocycles. The molecule has 19 heavy (non-hydrogen) atoms. The fourth-order valence-electron chi connectivity index (χ4n) is 2.57. The van der Waals surface area contributed by atoms with Crippen LogP contribution in [0.5, 0.6) is 0 Å². The van der Waals surface area contributed by atoms with Crippen molar-refractivity contribution in [3.05, 3.63) is 35.4 Å². The lowest BCUT2D eigenvalue weighted by molar-refractivity contribution is -0.0633. The van der Waals surface area contributed by atoms with Crippen molar-refractivity contribution in [2.24, 2.45) is 0 Å². The largest absolute Gasteiger partial charge is 0.394 e. The van der Waals surface area contributed by atoms with Crippen LogP contribution in [0.25, 0.3) is 0 Å². The molecule has 3 nitrogen and oxygen atoms in total. The van der Waals surface area contributed by atoms with E-state index in [2.05, 4.69) is 49.9 Å². The Kier molecular flexibility index (Phi) is 4.97. The summed E-state index contributed by atoms with van der Waals surface area (Å²) in [6.07, 6.45) is -0.0360. The number of hydrogen-bond acceptors (Lipinski definition) is 3. The van der Waals surface area contributed by atoms with E-state index in [1.165, 1.54) is 11.1 Å². The van der Waals surface area contributed by atoms with Crippen molar-refractivity contribution in [3.8, 4) is 0 Å². The molecule has 2 atom stereocenters. The van der Waals surface area contributed by atoms with E-state index in [-0.39, 0.29) is 12.7 Å². The second-order valence-corrected chi connectivity index (χ2v) is 5.67. The van der Waals surface area contributed by atoms with Gasteiger partial charge in [0.2, 0.25) is 0 Å². The minimum atomic E-state index is -0.0360. The standard InChI is InChI=1S/C16H25NO2/c1-12(2)14-4-6-15(7-5-14)13(3)17-8-9-19-16(10-17)11-18/h4-7,12-13,16,18H,8-11H2,1-3H3. The second-order valence-electron chi connectivity index (χ2n) is 5.67. The predicted molar refractivity (Wildman–Crippen MR) is 77.3 cm³/mol. The molecule has 0 amide bonds. The Morgan fingerprint density at radius 1 is 1.21 bits per heavy atom. The highest BCUT2D eigenvalue weighted by molar-refractivity contribution is 5.26. The lowest BCUT2D eigenvalue weighted by Crippen LogP contribution is -2.44. The average Bonchev–Trinajstić information content (AvgIpc) is 2.46. The first-order valence-corrected chi connectivity index (χ1v) is 7.18. The van der Waals surface area contributed by atoms with Gasteiger partial charge in [-0.15, -0.1) is 0 Å². The van der Waals surface area contributed by atoms with Gasteiger partial charge in [0.25, 0.3) is 0 Å². The Balaban J connectivity index is 2.04. The molecule has 1 aromatic rings. The summed E-state index contributed by atoms with van der Waals surface area (Å²) >= 11 is 0. The van der Waals surface area contributed by atoms with Crippen LogP contribution in [0.1, 0.15) is 43.9 Å². The van der Waals surface area contributed by atoms with Gasteiger partial charge in [-0.25, -0.2) is 0 Å². The van der Waals surface area contributed by atoms with Gasteiger partial charge in [0.15, 0.2) is 0 Å². The molecular weight excluding hydrogens is 238 g/mol. The fraction of sp³-hybridized carbons (Fsp3) is 0.625. The Bertz CT molecular complexity index is 388. The van der Waals surface area contributed by atoms with E-state index in [1.54, 1.807) is 0 Å². The third kappa shape index (κ3) is 3.56. The number of ether oxygens (including phenoxy) is 1. The molecule has 2 rings (SSSR count). The number of aliphatic hydroxyl groups is 1. The summed E-state index contributed by atoms with van der Waals surface area (Å²) < 4.78 is 5.50. The average molecular weight is 263 g/mol. The maximum atomic E-state index is 9.21. The minimum absolute atomic E-state index is 0.0360. The van der Waals surface area contributed by atoms with E-state index in [9.17, 15) is 5.11 Å². The third-order valence-electron chi connectivity index (χ3n) is 4.01. The first kappa shape index (κ1) is 14.5. The van der Waals surface area contributed by atoms with Gasteiger partial charge < -0.3 is 9.84 Å². The molecule has 1 saturated heterocycles. The quantitative estimate of drug-likeness (QED) is 0.906. The van der Waals surface area contributed by atoms with Crippen LogP contribution >= 0.6 is 0 Å². The molecule has 1 aliphatic rings. The Labute approximate surface area is 116 Å². The van der Waals surface area contributed by atoms with Gasteiger partial charge in [-0.2, -0.15) is 0 Å². The van der Waals surface area contributed by atoms with Gasteiger partial charge in [-0.3, -0.25) is 4.90 Å². The topological polar surface area (TPSA) is 32.7 Å². The van der Waals surface area contributed by atoms with E-state index in [0.29, 0.717) is 18.6 Å². The van der Waals surface area contributed by atoms with E-state index in [1.807, 2.05) is 0 Å². The number of morpholine rings is 1. The summed E-state index contributed by atoms with van der Waals surface area (Å²) in [5.41, 5.74) is 2.72. The highest BCUT2D eigenvalue weighted by atomic mass is 16.5. The fourth-order valence-corrected chi connectivity index (χ4v) is 2.57. The molecule has 1 fully saturated rings. The van der Waals surface area contributed by atoms with Gasteiger partial charge in [0.05, 0.1) is 19.3 Å². The first-order valence-electron chi connectivity index (χ1n) is 7.18. The lowest BCUT2D eigenvalue weighted by atomic mass is 9.99. The smallest absolute Gasteiger partial charge is 0.0933 e. The first-order chi connectivity index (χ1) is 9.11. The van der Waals surface area contributed by atoms with Gasteiger partial charge in [-0.1, -0.05) is 38.1 Å². The second kappa shape index (κ2) is 6.51. The maximum Gasteiger partial charge on any atom is 0.0933 e. The van der Waals surface area contributed by atoms with Gasteiger partial charge in [0, 0.05) is 19.1 Å². The van der Waals surface area contributed by atoms with Crippen LogP contribution in [-0.4, -0.2) is 42.4 Å². The van der Waals surface area contributed by atoms with Crippen LogP contribution < -0.4 is 0 Å². The van der Waals surface area contributed by atoms with Gasteiger partial charge in [0.1, 0.15) is 0 Å². The predicted octanol–water partition coefficient (Wildman–Crippen LogP) is 2.56. The zero-order valence-corrected chi connectivity index (χ0v) is 12.2. The van der Waals surface area contributed by atoms with E-state index < -0.39 is 0 Å². The molecule has 0 saturated carbocycles. The number of benzene rings is 1. The van der Waals surface area contributed by atoms with Crippen LogP contribution in [0.4, 0.5) is 0 Å². The van der Waals surface area contributed by atoms with Crippen molar-refractivity contribution in [3.63, 3.8) is 0 Å². The lowest BCUT2D eigenvalue weighted by Gasteiger charge is -2.36. The summed E-state index contributed by atoms with van der Waals surface area (Å²) in [6.45, 7) is 9.21. The van der Waals surface area contributed by atoms with E-state index in [4.69, 9.17) is 4.74 Å². The van der Waals surface area contributed by atoms with Crippen LogP contribution in [-0.2, 0) is 4.74 Å². The monoisotopic (exact) mass is 263 g/mol. The molecule has 106 valence electrons. The summed E-state index contributed by atoms with van der Waals surface area (Å²) in [6, 6.07) is 9.27. The normalized spacial score (nSPS) is 22.7. The van der Waals surface area contributed by atoms with Crippen molar-refractivity contribution in [2.45, 2.75) is 38.8 Å². The molecule has 0 radical (unpaired) electrons. The SMILES string of the molecule is CC(C)c1ccc(C(C)N2CCOC(CO)C2)cc1. The van der Waals surface area contributed by atoms with E-state index in [0.717, 1.165) is 13.1 Å². The Morgan fingerprint density at radius 3 is 2.42 bits per heavy atom. The Hall–Kier alpha value is -0.900. The van der Waals surface area contributed by atoms with Crippen molar-refractivity contribution < 1.29 is 9.84 Å². The van der Waals surface area contributed by atoms with E-state index >= 15 is 0 Å². The van der Waals surface area contributed by atoms with Crippen molar-refractivity contribution in [1.29, 1.82) is 0 Å². The van der Waals surface area contributed by atoms with Crippen LogP contribution in [0, 0.1) is 0 Å². The summed E-state index contributed by atoms with van der Waals surface area (Å²) in [7, 11) is 0. The van der Waals surface area contributed by atoms with Crippen LogP contribution in [0.15, 0.2) is 24.3 Å². The number of nitrogens with zero attached hydrogens (tertiary/aromatic N) is 1. The van der Waals surface area contributed by atoms with Gasteiger partial charge in [-0.05, 0) is 24.0 Å². The highest BCUT2D eigenvalue weighted by Crippen LogP contribution is 2.24. The molecule has 0 aromatic heterocycles. The molecule has 0 bridgehead atoms. The summed E-state index contributed by atoms with van der Waals surface area (Å²) in [5, 5.41) is 9.21. The molecule has 0 spiro atoms.